The van der Waals surface area contributed by atoms with Gasteiger partial charge in [0.25, 0.3) is 0 Å². The topological polar surface area (TPSA) is 85.2 Å². The molecule has 9 heteroatoms. The number of tetrazole rings is 1. The molecule has 0 radical (unpaired) electrons. The van der Waals surface area contributed by atoms with E-state index >= 15 is 0 Å². The molecular formula is C22H26N6O2S. The number of aromatic nitrogens is 4. The second-order valence-electron chi connectivity index (χ2n) is 8.55. The van der Waals surface area contributed by atoms with Crippen molar-refractivity contribution in [1.29, 1.82) is 0 Å². The Hall–Kier alpha value is -2.78. The van der Waals surface area contributed by atoms with E-state index in [0.29, 0.717) is 30.9 Å². The largest absolute Gasteiger partial charge is 0.367 e. The molecule has 0 unspecified atom stereocenters. The van der Waals surface area contributed by atoms with Crippen LogP contribution in [0.4, 0.5) is 10.5 Å². The zero-order valence-corrected chi connectivity index (χ0v) is 18.7. The van der Waals surface area contributed by atoms with E-state index in [1.54, 1.807) is 11.3 Å². The monoisotopic (exact) mass is 438 g/mol. The molecule has 8 nitrogen and oxygen atoms in total. The average Bonchev–Trinajstić information content (AvgIpc) is 3.18. The van der Waals surface area contributed by atoms with Crippen LogP contribution >= 0.6 is 11.3 Å². The molecule has 1 aliphatic heterocycles. The molecule has 31 heavy (non-hydrogen) atoms. The Morgan fingerprint density at radius 2 is 2.10 bits per heavy atom. The van der Waals surface area contributed by atoms with Crippen molar-refractivity contribution in [2.24, 2.45) is 5.92 Å². The first-order valence-corrected chi connectivity index (χ1v) is 11.6. The van der Waals surface area contributed by atoms with Crippen LogP contribution in [0.15, 0.2) is 35.0 Å². The lowest BCUT2D eigenvalue weighted by Crippen LogP contribution is -2.47. The van der Waals surface area contributed by atoms with Crippen molar-refractivity contribution < 1.29 is 9.53 Å². The maximum Gasteiger partial charge on any atom is 0.322 e. The fraction of sp³-hybridized carbons (Fsp3) is 0.455. The van der Waals surface area contributed by atoms with Crippen LogP contribution in [0.3, 0.4) is 0 Å². The highest BCUT2D eigenvalue weighted by molar-refractivity contribution is 7.07. The van der Waals surface area contributed by atoms with Gasteiger partial charge in [-0.2, -0.15) is 11.3 Å². The Morgan fingerprint density at radius 1 is 1.26 bits per heavy atom. The Bertz CT molecular complexity index is 1080. The van der Waals surface area contributed by atoms with Crippen molar-refractivity contribution in [3.63, 3.8) is 0 Å². The van der Waals surface area contributed by atoms with Gasteiger partial charge in [0.15, 0.2) is 5.82 Å². The molecule has 3 aromatic rings. The van der Waals surface area contributed by atoms with Crippen LogP contribution in [0.5, 0.6) is 0 Å². The van der Waals surface area contributed by atoms with E-state index < -0.39 is 0 Å². The third-order valence-electron chi connectivity index (χ3n) is 6.08. The van der Waals surface area contributed by atoms with Gasteiger partial charge in [0, 0.05) is 12.1 Å². The van der Waals surface area contributed by atoms with Gasteiger partial charge in [0.2, 0.25) is 0 Å². The molecule has 0 spiro atoms. The molecule has 2 aromatic heterocycles. The summed E-state index contributed by atoms with van der Waals surface area (Å²) < 4.78 is 7.97. The zero-order valence-electron chi connectivity index (χ0n) is 17.9. The minimum atomic E-state index is -0.134. The van der Waals surface area contributed by atoms with Gasteiger partial charge in [-0.1, -0.05) is 19.1 Å². The van der Waals surface area contributed by atoms with Crippen molar-refractivity contribution >= 4 is 23.1 Å². The second kappa shape index (κ2) is 8.05. The highest BCUT2D eigenvalue weighted by Gasteiger charge is 2.38. The van der Waals surface area contributed by atoms with E-state index in [-0.39, 0.29) is 18.2 Å². The third kappa shape index (κ3) is 3.95. The van der Waals surface area contributed by atoms with Gasteiger partial charge in [-0.25, -0.2) is 9.48 Å². The Balaban J connectivity index is 1.40. The van der Waals surface area contributed by atoms with Crippen LogP contribution < -0.4 is 5.32 Å². The van der Waals surface area contributed by atoms with Gasteiger partial charge in [-0.05, 0) is 70.6 Å². The van der Waals surface area contributed by atoms with Crippen LogP contribution in [-0.2, 0) is 4.74 Å². The predicted molar refractivity (Wildman–Crippen MR) is 119 cm³/mol. The summed E-state index contributed by atoms with van der Waals surface area (Å²) in [5, 5.41) is 19.7. The lowest BCUT2D eigenvalue weighted by Gasteiger charge is -2.36. The number of benzene rings is 1. The Labute approximate surface area is 185 Å². The average molecular weight is 439 g/mol. The Kier molecular flexibility index (Phi) is 5.23. The van der Waals surface area contributed by atoms with E-state index in [0.717, 1.165) is 28.8 Å². The molecule has 0 bridgehead atoms. The molecule has 2 aliphatic rings. The van der Waals surface area contributed by atoms with Gasteiger partial charge in [-0.15, -0.1) is 5.10 Å². The number of carbonyl (C=O) groups excluding carboxylic acids is 1. The van der Waals surface area contributed by atoms with Gasteiger partial charge in [0.05, 0.1) is 24.4 Å². The highest BCUT2D eigenvalue weighted by atomic mass is 32.1. The maximum absolute atomic E-state index is 13.3. The predicted octanol–water partition coefficient (Wildman–Crippen LogP) is 4.28. The number of para-hydroxylation sites is 1. The Morgan fingerprint density at radius 3 is 2.84 bits per heavy atom. The van der Waals surface area contributed by atoms with E-state index in [1.165, 1.54) is 0 Å². The summed E-state index contributed by atoms with van der Waals surface area (Å²) in [4.78, 5) is 15.1. The van der Waals surface area contributed by atoms with Gasteiger partial charge < -0.3 is 15.0 Å². The summed E-state index contributed by atoms with van der Waals surface area (Å²) in [5.41, 5.74) is 3.68. The molecule has 2 amide bonds. The minimum Gasteiger partial charge on any atom is -0.367 e. The van der Waals surface area contributed by atoms with Crippen molar-refractivity contribution in [2.45, 2.75) is 45.4 Å². The van der Waals surface area contributed by atoms with Crippen molar-refractivity contribution in [2.75, 3.05) is 18.4 Å². The van der Waals surface area contributed by atoms with Crippen molar-refractivity contribution in [1.82, 2.24) is 25.1 Å². The molecule has 2 fully saturated rings. The fourth-order valence-electron chi connectivity index (χ4n) is 4.20. The number of nitrogens with one attached hydrogen (secondary N) is 1. The first kappa shape index (κ1) is 20.1. The van der Waals surface area contributed by atoms with Crippen LogP contribution in [0, 0.1) is 12.8 Å². The van der Waals surface area contributed by atoms with Crippen LogP contribution in [0.25, 0.3) is 11.4 Å². The van der Waals surface area contributed by atoms with Gasteiger partial charge in [0.1, 0.15) is 6.10 Å². The summed E-state index contributed by atoms with van der Waals surface area (Å²) in [6.45, 7) is 7.25. The number of ether oxygens (including phenoxy) is 1. The van der Waals surface area contributed by atoms with Crippen molar-refractivity contribution in [3.8, 4) is 11.4 Å². The lowest BCUT2D eigenvalue weighted by atomic mass is 10.1. The number of anilines is 1. The van der Waals surface area contributed by atoms with Gasteiger partial charge in [-0.3, -0.25) is 0 Å². The van der Waals surface area contributed by atoms with Crippen LogP contribution in [0.2, 0.25) is 0 Å². The highest BCUT2D eigenvalue weighted by Crippen LogP contribution is 2.44. The van der Waals surface area contributed by atoms with Crippen LogP contribution in [0.1, 0.15) is 43.5 Å². The minimum absolute atomic E-state index is 0.0376. The van der Waals surface area contributed by atoms with E-state index in [9.17, 15) is 4.79 Å². The quantitative estimate of drug-likeness (QED) is 0.657. The van der Waals surface area contributed by atoms with E-state index in [2.05, 4.69) is 39.2 Å². The molecule has 162 valence electrons. The summed E-state index contributed by atoms with van der Waals surface area (Å²) >= 11 is 1.64. The zero-order chi connectivity index (χ0) is 21.5. The number of nitrogens with zero attached hydrogens (tertiary/aromatic N) is 5. The normalized spacial score (nSPS) is 25.5. The maximum atomic E-state index is 13.3. The number of amides is 2. The number of morpholine rings is 1. The smallest absolute Gasteiger partial charge is 0.322 e. The molecule has 4 atom stereocenters. The first-order chi connectivity index (χ1) is 15.0. The standard InChI is InChI=1S/C22H26N6O2S/c1-13-5-4-6-17(21-24-25-26-28(21)18-9-14(18)2)20(13)23-22(29)27-10-15(3)30-19(11-27)16-7-8-31-12-16/h4-8,12,14-15,18-19H,9-11H2,1-3H3,(H,23,29)/t14-,15+,18-,19+/m1/s1. The molecule has 1 N–H and O–H groups in total. The molecule has 1 aromatic carbocycles. The third-order valence-corrected chi connectivity index (χ3v) is 6.78. The molecule has 3 heterocycles. The number of carbonyl (C=O) groups is 1. The molecule has 1 saturated carbocycles. The van der Waals surface area contributed by atoms with Crippen LogP contribution in [-0.4, -0.2) is 50.3 Å². The molecule has 1 saturated heterocycles. The lowest BCUT2D eigenvalue weighted by molar-refractivity contribution is -0.0640. The summed E-state index contributed by atoms with van der Waals surface area (Å²) in [7, 11) is 0. The summed E-state index contributed by atoms with van der Waals surface area (Å²) in [5.74, 6) is 1.26. The fourth-order valence-corrected chi connectivity index (χ4v) is 4.90. The second-order valence-corrected chi connectivity index (χ2v) is 9.33. The SMILES string of the molecule is Cc1cccc(-c2nnnn2[C@@H]2C[C@H]2C)c1NC(=O)N1C[C@@H](c2ccsc2)O[C@@H](C)C1. The number of urea groups is 1. The number of thiophene rings is 1. The number of hydrogen-bond donors (Lipinski definition) is 1. The number of rotatable bonds is 4. The number of hydrogen-bond acceptors (Lipinski definition) is 6. The first-order valence-electron chi connectivity index (χ1n) is 10.6. The summed E-state index contributed by atoms with van der Waals surface area (Å²) in [6.07, 6.45) is 0.923. The van der Waals surface area contributed by atoms with E-state index in [1.807, 2.05) is 47.0 Å². The van der Waals surface area contributed by atoms with Crippen molar-refractivity contribution in [3.05, 3.63) is 46.2 Å². The molecular weight excluding hydrogens is 412 g/mol. The summed E-state index contributed by atoms with van der Waals surface area (Å²) in [6, 6.07) is 8.17. The molecule has 5 rings (SSSR count). The van der Waals surface area contributed by atoms with E-state index in [4.69, 9.17) is 4.74 Å². The van der Waals surface area contributed by atoms with Gasteiger partial charge >= 0.3 is 6.03 Å². The number of aryl methyl sites for hydroxylation is 1. The molecule has 1 aliphatic carbocycles.